The van der Waals surface area contributed by atoms with Crippen molar-refractivity contribution in [3.8, 4) is 0 Å². The van der Waals surface area contributed by atoms with Gasteiger partial charge in [-0.2, -0.15) is 0 Å². The van der Waals surface area contributed by atoms with E-state index in [4.69, 9.17) is 4.52 Å². The highest BCUT2D eigenvalue weighted by Crippen LogP contribution is 2.56. The third kappa shape index (κ3) is 2.62. The number of aromatic nitrogens is 3. The third-order valence-corrected chi connectivity index (χ3v) is 5.49. The predicted octanol–water partition coefficient (Wildman–Crippen LogP) is 1.68. The van der Waals surface area contributed by atoms with E-state index >= 15 is 0 Å². The SMILES string of the molecule is CCn1ccnc1CN(C(=O)c1ccon1)C1CC12CCNCC2. The summed E-state index contributed by atoms with van der Waals surface area (Å²) in [5.74, 6) is 0.861. The molecule has 24 heavy (non-hydrogen) atoms. The lowest BCUT2D eigenvalue weighted by atomic mass is 9.93. The largest absolute Gasteiger partial charge is 0.364 e. The average molecular weight is 329 g/mol. The van der Waals surface area contributed by atoms with Gasteiger partial charge in [0.1, 0.15) is 12.1 Å². The summed E-state index contributed by atoms with van der Waals surface area (Å²) in [5, 5.41) is 7.26. The molecule has 4 rings (SSSR count). The Morgan fingerprint density at radius 2 is 2.33 bits per heavy atom. The van der Waals surface area contributed by atoms with Crippen LogP contribution in [-0.2, 0) is 13.1 Å². The Morgan fingerprint density at radius 1 is 1.50 bits per heavy atom. The topological polar surface area (TPSA) is 76.2 Å². The van der Waals surface area contributed by atoms with Gasteiger partial charge in [0.25, 0.3) is 5.91 Å². The van der Waals surface area contributed by atoms with Crippen LogP contribution >= 0.6 is 0 Å². The molecule has 1 aliphatic heterocycles. The van der Waals surface area contributed by atoms with Crippen LogP contribution in [0.5, 0.6) is 0 Å². The molecule has 128 valence electrons. The van der Waals surface area contributed by atoms with Gasteiger partial charge in [-0.1, -0.05) is 5.16 Å². The van der Waals surface area contributed by atoms with Crippen molar-refractivity contribution in [2.24, 2.45) is 5.41 Å². The summed E-state index contributed by atoms with van der Waals surface area (Å²) >= 11 is 0. The summed E-state index contributed by atoms with van der Waals surface area (Å²) in [7, 11) is 0. The van der Waals surface area contributed by atoms with Crippen molar-refractivity contribution in [3.05, 3.63) is 36.2 Å². The Kier molecular flexibility index (Phi) is 3.88. The Morgan fingerprint density at radius 3 is 3.04 bits per heavy atom. The maximum absolute atomic E-state index is 13.0. The zero-order valence-corrected chi connectivity index (χ0v) is 13.9. The molecule has 2 aliphatic rings. The van der Waals surface area contributed by atoms with Gasteiger partial charge in [-0.15, -0.1) is 0 Å². The van der Waals surface area contributed by atoms with Crippen LogP contribution in [-0.4, -0.2) is 44.6 Å². The first-order valence-electron chi connectivity index (χ1n) is 8.65. The van der Waals surface area contributed by atoms with Crippen LogP contribution in [0.1, 0.15) is 42.5 Å². The summed E-state index contributed by atoms with van der Waals surface area (Å²) < 4.78 is 6.96. The van der Waals surface area contributed by atoms with Crippen molar-refractivity contribution < 1.29 is 9.32 Å². The molecule has 0 bridgehead atoms. The molecule has 1 spiro atoms. The van der Waals surface area contributed by atoms with Crippen molar-refractivity contribution in [1.82, 2.24) is 24.9 Å². The molecule has 1 N–H and O–H groups in total. The molecule has 2 aromatic heterocycles. The zero-order chi connectivity index (χ0) is 16.6. The lowest BCUT2D eigenvalue weighted by molar-refractivity contribution is 0.0674. The van der Waals surface area contributed by atoms with Crippen molar-refractivity contribution in [2.45, 2.75) is 45.3 Å². The molecule has 7 nitrogen and oxygen atoms in total. The van der Waals surface area contributed by atoms with E-state index in [2.05, 4.69) is 26.9 Å². The molecular weight excluding hydrogens is 306 g/mol. The average Bonchev–Trinajstić information content (AvgIpc) is 3.05. The summed E-state index contributed by atoms with van der Waals surface area (Å²) in [6.07, 6.45) is 8.54. The standard InChI is InChI=1S/C17H23N5O2/c1-2-21-9-8-19-15(21)12-22(16(23)13-3-10-24-20-13)14-11-17(14)4-6-18-7-5-17/h3,8-10,14,18H,2,4-7,11-12H2,1H3. The molecule has 1 amide bonds. The summed E-state index contributed by atoms with van der Waals surface area (Å²) in [6.45, 7) is 5.52. The molecule has 1 aliphatic carbocycles. The first-order valence-corrected chi connectivity index (χ1v) is 8.65. The van der Waals surface area contributed by atoms with Gasteiger partial charge in [-0.25, -0.2) is 4.98 Å². The fourth-order valence-electron chi connectivity index (χ4n) is 3.95. The normalized spacial score (nSPS) is 21.8. The van der Waals surface area contributed by atoms with Crippen LogP contribution in [0.15, 0.2) is 29.2 Å². The van der Waals surface area contributed by atoms with E-state index in [1.807, 2.05) is 11.1 Å². The maximum Gasteiger partial charge on any atom is 0.276 e. The minimum Gasteiger partial charge on any atom is -0.364 e. The number of carbonyl (C=O) groups excluding carboxylic acids is 1. The second-order valence-corrected chi connectivity index (χ2v) is 6.78. The number of piperidine rings is 1. The highest BCUT2D eigenvalue weighted by Gasteiger charge is 2.58. The minimum absolute atomic E-state index is 0.0604. The molecule has 1 atom stereocenters. The number of hydrogen-bond acceptors (Lipinski definition) is 5. The highest BCUT2D eigenvalue weighted by atomic mass is 16.5. The molecule has 1 saturated heterocycles. The van der Waals surface area contributed by atoms with Crippen LogP contribution < -0.4 is 5.32 Å². The molecule has 7 heteroatoms. The number of amides is 1. The zero-order valence-electron chi connectivity index (χ0n) is 13.9. The number of nitrogens with one attached hydrogen (secondary N) is 1. The molecular formula is C17H23N5O2. The molecule has 2 fully saturated rings. The predicted molar refractivity (Wildman–Crippen MR) is 87.2 cm³/mol. The first kappa shape index (κ1) is 15.4. The van der Waals surface area contributed by atoms with E-state index < -0.39 is 0 Å². The van der Waals surface area contributed by atoms with E-state index in [0.717, 1.165) is 44.7 Å². The lowest BCUT2D eigenvalue weighted by Crippen LogP contribution is -2.39. The van der Waals surface area contributed by atoms with E-state index in [0.29, 0.717) is 12.2 Å². The highest BCUT2D eigenvalue weighted by molar-refractivity contribution is 5.92. The van der Waals surface area contributed by atoms with Gasteiger partial charge >= 0.3 is 0 Å². The van der Waals surface area contributed by atoms with Crippen molar-refractivity contribution in [2.75, 3.05) is 13.1 Å². The Bertz CT molecular complexity index is 702. The third-order valence-electron chi connectivity index (χ3n) is 5.49. The second kappa shape index (κ2) is 6.05. The van der Waals surface area contributed by atoms with Gasteiger partial charge in [-0.3, -0.25) is 4.79 Å². The van der Waals surface area contributed by atoms with E-state index in [1.165, 1.54) is 6.26 Å². The Labute approximate surface area is 141 Å². The van der Waals surface area contributed by atoms with E-state index in [-0.39, 0.29) is 17.4 Å². The Hall–Kier alpha value is -2.15. The van der Waals surface area contributed by atoms with E-state index in [9.17, 15) is 4.79 Å². The number of carbonyl (C=O) groups is 1. The number of imidazole rings is 1. The molecule has 0 aromatic carbocycles. The lowest BCUT2D eigenvalue weighted by Gasteiger charge is -2.29. The number of hydrogen-bond donors (Lipinski definition) is 1. The van der Waals surface area contributed by atoms with Crippen molar-refractivity contribution >= 4 is 5.91 Å². The van der Waals surface area contributed by atoms with Crippen molar-refractivity contribution in [3.63, 3.8) is 0 Å². The van der Waals surface area contributed by atoms with Crippen LogP contribution in [0, 0.1) is 5.41 Å². The number of nitrogens with zero attached hydrogens (tertiary/aromatic N) is 4. The molecule has 1 unspecified atom stereocenters. The fourth-order valence-corrected chi connectivity index (χ4v) is 3.95. The fraction of sp³-hybridized carbons (Fsp3) is 0.588. The summed E-state index contributed by atoms with van der Waals surface area (Å²) in [4.78, 5) is 19.4. The minimum atomic E-state index is -0.0604. The Balaban J connectivity index is 1.59. The van der Waals surface area contributed by atoms with Crippen molar-refractivity contribution in [1.29, 1.82) is 0 Å². The number of aryl methyl sites for hydroxylation is 1. The molecule has 1 saturated carbocycles. The van der Waals surface area contributed by atoms with Crippen LogP contribution in [0.25, 0.3) is 0 Å². The molecule has 2 aromatic rings. The van der Waals surface area contributed by atoms with E-state index in [1.54, 1.807) is 12.3 Å². The van der Waals surface area contributed by atoms with Crippen LogP contribution in [0.2, 0.25) is 0 Å². The quantitative estimate of drug-likeness (QED) is 0.903. The summed E-state index contributed by atoms with van der Waals surface area (Å²) in [6, 6.07) is 1.91. The van der Waals surface area contributed by atoms with Gasteiger partial charge in [0.05, 0.1) is 6.54 Å². The van der Waals surface area contributed by atoms with Crippen LogP contribution in [0.4, 0.5) is 0 Å². The first-order chi connectivity index (χ1) is 11.7. The van der Waals surface area contributed by atoms with Gasteiger partial charge in [0.15, 0.2) is 5.69 Å². The maximum atomic E-state index is 13.0. The van der Waals surface area contributed by atoms with Crippen LogP contribution in [0.3, 0.4) is 0 Å². The van der Waals surface area contributed by atoms with Gasteiger partial charge in [0, 0.05) is 31.0 Å². The van der Waals surface area contributed by atoms with Gasteiger partial charge in [-0.05, 0) is 44.7 Å². The second-order valence-electron chi connectivity index (χ2n) is 6.78. The summed E-state index contributed by atoms with van der Waals surface area (Å²) in [5.41, 5.74) is 0.648. The molecule has 0 radical (unpaired) electrons. The van der Waals surface area contributed by atoms with Gasteiger partial charge in [0.2, 0.25) is 0 Å². The molecule has 3 heterocycles. The monoisotopic (exact) mass is 329 g/mol. The van der Waals surface area contributed by atoms with Gasteiger partial charge < -0.3 is 19.3 Å². The number of rotatable bonds is 5. The smallest absolute Gasteiger partial charge is 0.276 e.